The summed E-state index contributed by atoms with van der Waals surface area (Å²) >= 11 is 0. The van der Waals surface area contributed by atoms with E-state index in [4.69, 9.17) is 0 Å². The zero-order valence-corrected chi connectivity index (χ0v) is 13.4. The fourth-order valence-corrected chi connectivity index (χ4v) is 2.14. The number of nitrogens with one attached hydrogen (secondary N) is 1. The zero-order chi connectivity index (χ0) is 15.6. The van der Waals surface area contributed by atoms with Gasteiger partial charge in [0, 0.05) is 11.3 Å². The Bertz CT molecular complexity index is 648. The molecule has 1 amide bonds. The van der Waals surface area contributed by atoms with E-state index in [2.05, 4.69) is 38.2 Å². The number of carbonyl (C=O) groups is 1. The molecule has 2 aromatic carbocycles. The van der Waals surface area contributed by atoms with Crippen molar-refractivity contribution >= 4 is 11.6 Å². The van der Waals surface area contributed by atoms with Gasteiger partial charge in [-0.15, -0.1) is 0 Å². The molecule has 0 saturated carbocycles. The lowest BCUT2D eigenvalue weighted by Crippen LogP contribution is -2.13. The first kappa shape index (κ1) is 15.3. The van der Waals surface area contributed by atoms with Crippen LogP contribution in [0.5, 0.6) is 0 Å². The monoisotopic (exact) mass is 281 g/mol. The van der Waals surface area contributed by atoms with Crippen molar-refractivity contribution in [1.29, 1.82) is 0 Å². The van der Waals surface area contributed by atoms with Gasteiger partial charge in [0.05, 0.1) is 0 Å². The summed E-state index contributed by atoms with van der Waals surface area (Å²) in [5.41, 5.74) is 5.22. The lowest BCUT2D eigenvalue weighted by atomic mass is 9.87. The Balaban J connectivity index is 2.14. The predicted molar refractivity (Wildman–Crippen MR) is 89.0 cm³/mol. The molecule has 2 aromatic rings. The number of benzene rings is 2. The summed E-state index contributed by atoms with van der Waals surface area (Å²) in [5.74, 6) is -0.0680. The van der Waals surface area contributed by atoms with Crippen LogP contribution in [0.25, 0.3) is 0 Å². The van der Waals surface area contributed by atoms with Crippen molar-refractivity contribution in [2.75, 3.05) is 5.32 Å². The first-order valence-electron chi connectivity index (χ1n) is 7.26. The predicted octanol–water partition coefficient (Wildman–Crippen LogP) is 4.85. The number of hydrogen-bond acceptors (Lipinski definition) is 1. The molecule has 0 saturated heterocycles. The molecule has 0 aliphatic carbocycles. The Morgan fingerprint density at radius 1 is 0.905 bits per heavy atom. The number of rotatable bonds is 2. The van der Waals surface area contributed by atoms with Crippen LogP contribution in [0, 0.1) is 13.8 Å². The number of aryl methyl sites for hydroxylation is 2. The zero-order valence-electron chi connectivity index (χ0n) is 13.4. The second-order valence-electron chi connectivity index (χ2n) is 6.58. The molecule has 1 N–H and O–H groups in total. The van der Waals surface area contributed by atoms with E-state index in [1.165, 1.54) is 11.1 Å². The molecule has 0 aliphatic rings. The van der Waals surface area contributed by atoms with Gasteiger partial charge in [-0.25, -0.2) is 0 Å². The van der Waals surface area contributed by atoms with Crippen LogP contribution in [0.4, 0.5) is 5.69 Å². The number of carbonyl (C=O) groups excluding carboxylic acids is 1. The van der Waals surface area contributed by atoms with E-state index >= 15 is 0 Å². The molecule has 21 heavy (non-hydrogen) atoms. The molecule has 0 fully saturated rings. The minimum Gasteiger partial charge on any atom is -0.322 e. The van der Waals surface area contributed by atoms with Crippen molar-refractivity contribution in [2.45, 2.75) is 40.0 Å². The van der Waals surface area contributed by atoms with Gasteiger partial charge in [0.2, 0.25) is 0 Å². The Morgan fingerprint density at radius 2 is 1.52 bits per heavy atom. The average molecular weight is 281 g/mol. The Morgan fingerprint density at radius 3 is 2.05 bits per heavy atom. The molecule has 0 bridgehead atoms. The SMILES string of the molecule is Cc1ccc(C(=O)Nc2ccc(C(C)(C)C)cc2)cc1C. The van der Waals surface area contributed by atoms with E-state index in [1.807, 2.05) is 44.2 Å². The quantitative estimate of drug-likeness (QED) is 0.837. The van der Waals surface area contributed by atoms with Gasteiger partial charge < -0.3 is 5.32 Å². The molecular weight excluding hydrogens is 258 g/mol. The minimum atomic E-state index is -0.0680. The van der Waals surface area contributed by atoms with Crippen LogP contribution in [-0.2, 0) is 5.41 Å². The summed E-state index contributed by atoms with van der Waals surface area (Å²) < 4.78 is 0. The fourth-order valence-electron chi connectivity index (χ4n) is 2.14. The smallest absolute Gasteiger partial charge is 0.255 e. The molecule has 0 spiro atoms. The van der Waals surface area contributed by atoms with Crippen LogP contribution in [0.3, 0.4) is 0 Å². The van der Waals surface area contributed by atoms with Gasteiger partial charge in [0.15, 0.2) is 0 Å². The average Bonchev–Trinajstić information content (AvgIpc) is 2.41. The van der Waals surface area contributed by atoms with E-state index in [-0.39, 0.29) is 11.3 Å². The molecule has 2 nitrogen and oxygen atoms in total. The summed E-state index contributed by atoms with van der Waals surface area (Å²) in [6.45, 7) is 10.6. The lowest BCUT2D eigenvalue weighted by Gasteiger charge is -2.19. The van der Waals surface area contributed by atoms with E-state index in [0.717, 1.165) is 11.3 Å². The van der Waals surface area contributed by atoms with Crippen molar-refractivity contribution < 1.29 is 4.79 Å². The second kappa shape index (κ2) is 5.72. The molecule has 110 valence electrons. The summed E-state index contributed by atoms with van der Waals surface area (Å²) in [5, 5.41) is 2.94. The van der Waals surface area contributed by atoms with Gasteiger partial charge in [-0.05, 0) is 60.2 Å². The summed E-state index contributed by atoms with van der Waals surface area (Å²) in [6, 6.07) is 13.8. The fraction of sp³-hybridized carbons (Fsp3) is 0.316. The Hall–Kier alpha value is -2.09. The third-order valence-corrected chi connectivity index (χ3v) is 3.78. The number of hydrogen-bond donors (Lipinski definition) is 1. The van der Waals surface area contributed by atoms with E-state index in [9.17, 15) is 4.79 Å². The van der Waals surface area contributed by atoms with E-state index < -0.39 is 0 Å². The number of amides is 1. The van der Waals surface area contributed by atoms with Gasteiger partial charge in [0.1, 0.15) is 0 Å². The standard InChI is InChI=1S/C19H23NO/c1-13-6-7-15(12-14(13)2)18(21)20-17-10-8-16(9-11-17)19(3,4)5/h6-12H,1-5H3,(H,20,21). The first-order valence-corrected chi connectivity index (χ1v) is 7.26. The molecule has 2 rings (SSSR count). The highest BCUT2D eigenvalue weighted by atomic mass is 16.1. The van der Waals surface area contributed by atoms with E-state index in [1.54, 1.807) is 0 Å². The molecular formula is C19H23NO. The molecule has 0 aromatic heterocycles. The lowest BCUT2D eigenvalue weighted by molar-refractivity contribution is 0.102. The van der Waals surface area contributed by atoms with Crippen LogP contribution >= 0.6 is 0 Å². The molecule has 0 atom stereocenters. The second-order valence-corrected chi connectivity index (χ2v) is 6.58. The largest absolute Gasteiger partial charge is 0.322 e. The molecule has 0 unspecified atom stereocenters. The van der Waals surface area contributed by atoms with Crippen molar-refractivity contribution in [2.24, 2.45) is 0 Å². The third kappa shape index (κ3) is 3.72. The highest BCUT2D eigenvalue weighted by molar-refractivity contribution is 6.04. The van der Waals surface area contributed by atoms with Crippen molar-refractivity contribution in [3.63, 3.8) is 0 Å². The van der Waals surface area contributed by atoms with Gasteiger partial charge in [-0.3, -0.25) is 4.79 Å². The van der Waals surface area contributed by atoms with Gasteiger partial charge in [0.25, 0.3) is 5.91 Å². The number of anilines is 1. The highest BCUT2D eigenvalue weighted by Gasteiger charge is 2.13. The van der Waals surface area contributed by atoms with E-state index in [0.29, 0.717) is 5.56 Å². The van der Waals surface area contributed by atoms with Crippen LogP contribution in [0.15, 0.2) is 42.5 Å². The van der Waals surface area contributed by atoms with Gasteiger partial charge in [-0.2, -0.15) is 0 Å². The molecule has 0 heterocycles. The maximum atomic E-state index is 12.2. The summed E-state index contributed by atoms with van der Waals surface area (Å²) in [6.07, 6.45) is 0. The van der Waals surface area contributed by atoms with Gasteiger partial charge >= 0.3 is 0 Å². The molecule has 2 heteroatoms. The van der Waals surface area contributed by atoms with Crippen LogP contribution in [0.1, 0.15) is 47.8 Å². The third-order valence-electron chi connectivity index (χ3n) is 3.78. The Kier molecular flexibility index (Phi) is 4.17. The highest BCUT2D eigenvalue weighted by Crippen LogP contribution is 2.23. The van der Waals surface area contributed by atoms with Crippen LogP contribution in [0.2, 0.25) is 0 Å². The van der Waals surface area contributed by atoms with Crippen LogP contribution in [-0.4, -0.2) is 5.91 Å². The van der Waals surface area contributed by atoms with Crippen molar-refractivity contribution in [3.8, 4) is 0 Å². The normalized spacial score (nSPS) is 11.3. The summed E-state index contributed by atoms with van der Waals surface area (Å²) in [7, 11) is 0. The maximum Gasteiger partial charge on any atom is 0.255 e. The molecule has 0 radical (unpaired) electrons. The minimum absolute atomic E-state index is 0.0680. The van der Waals surface area contributed by atoms with Gasteiger partial charge in [-0.1, -0.05) is 39.0 Å². The molecule has 0 aliphatic heterocycles. The van der Waals surface area contributed by atoms with Crippen molar-refractivity contribution in [1.82, 2.24) is 0 Å². The Labute approximate surface area is 127 Å². The topological polar surface area (TPSA) is 29.1 Å². The first-order chi connectivity index (χ1) is 9.77. The van der Waals surface area contributed by atoms with Crippen LogP contribution < -0.4 is 5.32 Å². The summed E-state index contributed by atoms with van der Waals surface area (Å²) in [4.78, 5) is 12.2. The maximum absolute atomic E-state index is 12.2. The van der Waals surface area contributed by atoms with Crippen molar-refractivity contribution in [3.05, 3.63) is 64.7 Å².